The number of piperazine rings is 1. The van der Waals surface area contributed by atoms with Crippen LogP contribution in [0.2, 0.25) is 5.02 Å². The molecule has 5 nitrogen and oxygen atoms in total. The molecule has 1 aromatic carbocycles. The molecule has 2 amide bonds. The Morgan fingerprint density at radius 3 is 2.52 bits per heavy atom. The number of halogens is 1. The minimum atomic E-state index is -0.0492. The first-order chi connectivity index (χ1) is 11.0. The maximum absolute atomic E-state index is 12.1. The predicted octanol–water partition coefficient (Wildman–Crippen LogP) is 2.14. The Morgan fingerprint density at radius 1 is 1.22 bits per heavy atom. The summed E-state index contributed by atoms with van der Waals surface area (Å²) in [6.45, 7) is 5.21. The first-order valence-corrected chi connectivity index (χ1v) is 8.48. The van der Waals surface area contributed by atoms with Crippen LogP contribution in [0.15, 0.2) is 18.2 Å². The summed E-state index contributed by atoms with van der Waals surface area (Å²) in [6.07, 6.45) is 2.08. The van der Waals surface area contributed by atoms with Gasteiger partial charge in [0.1, 0.15) is 0 Å². The van der Waals surface area contributed by atoms with Crippen molar-refractivity contribution in [3.8, 4) is 0 Å². The van der Waals surface area contributed by atoms with Crippen molar-refractivity contribution in [2.45, 2.75) is 19.8 Å². The van der Waals surface area contributed by atoms with Gasteiger partial charge in [0, 0.05) is 42.8 Å². The van der Waals surface area contributed by atoms with Crippen molar-refractivity contribution in [3.63, 3.8) is 0 Å². The van der Waals surface area contributed by atoms with Gasteiger partial charge in [0.15, 0.2) is 0 Å². The number of hydrogen-bond acceptors (Lipinski definition) is 3. The molecule has 0 bridgehead atoms. The van der Waals surface area contributed by atoms with E-state index in [0.29, 0.717) is 23.2 Å². The highest BCUT2D eigenvalue weighted by molar-refractivity contribution is 6.31. The molecule has 23 heavy (non-hydrogen) atoms. The average molecular weight is 336 g/mol. The molecule has 3 rings (SSSR count). The van der Waals surface area contributed by atoms with Crippen LogP contribution in [0.25, 0.3) is 0 Å². The first kappa shape index (κ1) is 16.3. The number of carbonyl (C=O) groups is 2. The number of aryl methyl sites for hydroxylation is 1. The summed E-state index contributed by atoms with van der Waals surface area (Å²) in [5, 5.41) is 3.52. The van der Waals surface area contributed by atoms with E-state index in [9.17, 15) is 9.59 Å². The third kappa shape index (κ3) is 4.24. The third-order valence-corrected chi connectivity index (χ3v) is 4.84. The van der Waals surface area contributed by atoms with Gasteiger partial charge in [0.2, 0.25) is 11.8 Å². The molecule has 2 fully saturated rings. The molecular formula is C17H22ClN3O2. The van der Waals surface area contributed by atoms with Gasteiger partial charge in [-0.15, -0.1) is 0 Å². The van der Waals surface area contributed by atoms with Crippen LogP contribution in [0.3, 0.4) is 0 Å². The van der Waals surface area contributed by atoms with E-state index in [2.05, 4.69) is 10.2 Å². The van der Waals surface area contributed by atoms with E-state index in [1.807, 2.05) is 24.0 Å². The molecule has 0 spiro atoms. The van der Waals surface area contributed by atoms with Crippen LogP contribution >= 0.6 is 11.6 Å². The zero-order valence-corrected chi connectivity index (χ0v) is 14.1. The SMILES string of the molecule is Cc1ccc(NC(=O)CN2CCN(C(=O)C3CC3)CC2)cc1Cl. The number of nitrogens with one attached hydrogen (secondary N) is 1. The summed E-state index contributed by atoms with van der Waals surface area (Å²) in [5.74, 6) is 0.520. The molecule has 1 saturated carbocycles. The second-order valence-electron chi connectivity index (χ2n) is 6.39. The van der Waals surface area contributed by atoms with Crippen LogP contribution in [0.5, 0.6) is 0 Å². The highest BCUT2D eigenvalue weighted by atomic mass is 35.5. The lowest BCUT2D eigenvalue weighted by molar-refractivity contribution is -0.134. The van der Waals surface area contributed by atoms with Crippen molar-refractivity contribution < 1.29 is 9.59 Å². The molecule has 1 N–H and O–H groups in total. The first-order valence-electron chi connectivity index (χ1n) is 8.10. The molecule has 0 radical (unpaired) electrons. The lowest BCUT2D eigenvalue weighted by atomic mass is 10.2. The van der Waals surface area contributed by atoms with Gasteiger partial charge >= 0.3 is 0 Å². The smallest absolute Gasteiger partial charge is 0.238 e. The minimum absolute atomic E-state index is 0.0492. The number of carbonyl (C=O) groups excluding carboxylic acids is 2. The van der Waals surface area contributed by atoms with Crippen LogP contribution in [-0.4, -0.2) is 54.3 Å². The van der Waals surface area contributed by atoms with Crippen molar-refractivity contribution in [3.05, 3.63) is 28.8 Å². The summed E-state index contributed by atoms with van der Waals surface area (Å²) in [4.78, 5) is 28.2. The Morgan fingerprint density at radius 2 is 1.91 bits per heavy atom. The van der Waals surface area contributed by atoms with Gasteiger partial charge in [-0.05, 0) is 37.5 Å². The summed E-state index contributed by atoms with van der Waals surface area (Å²) in [7, 11) is 0. The monoisotopic (exact) mass is 335 g/mol. The predicted molar refractivity (Wildman–Crippen MR) is 90.6 cm³/mol. The van der Waals surface area contributed by atoms with Crippen molar-refractivity contribution in [1.82, 2.24) is 9.80 Å². The molecule has 0 atom stereocenters. The van der Waals surface area contributed by atoms with Crippen LogP contribution in [0.1, 0.15) is 18.4 Å². The molecule has 1 aromatic rings. The minimum Gasteiger partial charge on any atom is -0.340 e. The van der Waals surface area contributed by atoms with Gasteiger partial charge < -0.3 is 10.2 Å². The van der Waals surface area contributed by atoms with E-state index < -0.39 is 0 Å². The quantitative estimate of drug-likeness (QED) is 0.917. The van der Waals surface area contributed by atoms with Crippen LogP contribution < -0.4 is 5.32 Å². The van der Waals surface area contributed by atoms with Gasteiger partial charge in [0.25, 0.3) is 0 Å². The van der Waals surface area contributed by atoms with Crippen molar-refractivity contribution in [1.29, 1.82) is 0 Å². The standard InChI is InChI=1S/C17H22ClN3O2/c1-12-2-5-14(10-15(12)18)19-16(22)11-20-6-8-21(9-7-20)17(23)13-3-4-13/h2,5,10,13H,3-4,6-9,11H2,1H3,(H,19,22). The van der Waals surface area contributed by atoms with Gasteiger partial charge in [-0.25, -0.2) is 0 Å². The van der Waals surface area contributed by atoms with Gasteiger partial charge in [-0.1, -0.05) is 17.7 Å². The molecule has 6 heteroatoms. The van der Waals surface area contributed by atoms with Crippen molar-refractivity contribution in [2.24, 2.45) is 5.92 Å². The van der Waals surface area contributed by atoms with Gasteiger partial charge in [0.05, 0.1) is 6.54 Å². The van der Waals surface area contributed by atoms with Crippen LogP contribution in [0, 0.1) is 12.8 Å². The van der Waals surface area contributed by atoms with Crippen LogP contribution in [-0.2, 0) is 9.59 Å². The largest absolute Gasteiger partial charge is 0.340 e. The normalized spacial score (nSPS) is 18.8. The molecule has 2 aliphatic rings. The fourth-order valence-electron chi connectivity index (χ4n) is 2.79. The van der Waals surface area contributed by atoms with E-state index in [0.717, 1.165) is 44.6 Å². The zero-order chi connectivity index (χ0) is 16.4. The molecule has 1 saturated heterocycles. The second-order valence-corrected chi connectivity index (χ2v) is 6.80. The highest BCUT2D eigenvalue weighted by Crippen LogP contribution is 2.31. The van der Waals surface area contributed by atoms with E-state index in [-0.39, 0.29) is 11.8 Å². The van der Waals surface area contributed by atoms with Gasteiger partial charge in [-0.2, -0.15) is 0 Å². The molecule has 1 heterocycles. The molecule has 1 aliphatic heterocycles. The Labute approximate surface area is 141 Å². The third-order valence-electron chi connectivity index (χ3n) is 4.43. The van der Waals surface area contributed by atoms with E-state index in [1.165, 1.54) is 0 Å². The number of benzene rings is 1. The summed E-state index contributed by atoms with van der Waals surface area (Å²) < 4.78 is 0. The van der Waals surface area contributed by atoms with Crippen molar-refractivity contribution >= 4 is 29.1 Å². The number of rotatable bonds is 4. The Balaban J connectivity index is 1.45. The van der Waals surface area contributed by atoms with E-state index in [4.69, 9.17) is 11.6 Å². The number of amides is 2. The van der Waals surface area contributed by atoms with Crippen LogP contribution in [0.4, 0.5) is 5.69 Å². The fraction of sp³-hybridized carbons (Fsp3) is 0.529. The van der Waals surface area contributed by atoms with E-state index >= 15 is 0 Å². The Kier molecular flexibility index (Phi) is 4.87. The fourth-order valence-corrected chi connectivity index (χ4v) is 2.97. The molecular weight excluding hydrogens is 314 g/mol. The highest BCUT2D eigenvalue weighted by Gasteiger charge is 2.34. The lowest BCUT2D eigenvalue weighted by Gasteiger charge is -2.34. The number of anilines is 1. The molecule has 0 unspecified atom stereocenters. The summed E-state index contributed by atoms with van der Waals surface area (Å²) in [5.41, 5.74) is 1.70. The maximum atomic E-state index is 12.1. The molecule has 1 aliphatic carbocycles. The number of hydrogen-bond donors (Lipinski definition) is 1. The Hall–Kier alpha value is -1.59. The summed E-state index contributed by atoms with van der Waals surface area (Å²) >= 11 is 6.07. The Bertz CT molecular complexity index is 608. The average Bonchev–Trinajstić information content (AvgIpc) is 3.36. The second kappa shape index (κ2) is 6.89. The molecule has 0 aromatic heterocycles. The summed E-state index contributed by atoms with van der Waals surface area (Å²) in [6, 6.07) is 5.51. The van der Waals surface area contributed by atoms with E-state index in [1.54, 1.807) is 6.07 Å². The number of nitrogens with zero attached hydrogens (tertiary/aromatic N) is 2. The lowest BCUT2D eigenvalue weighted by Crippen LogP contribution is -2.50. The topological polar surface area (TPSA) is 52.7 Å². The van der Waals surface area contributed by atoms with Gasteiger partial charge in [-0.3, -0.25) is 14.5 Å². The zero-order valence-electron chi connectivity index (χ0n) is 13.3. The van der Waals surface area contributed by atoms with Crippen molar-refractivity contribution in [2.75, 3.05) is 38.0 Å². The maximum Gasteiger partial charge on any atom is 0.238 e. The molecule has 124 valence electrons.